The first-order chi connectivity index (χ1) is 9.39. The molecule has 3 atom stereocenters. The van der Waals surface area contributed by atoms with Crippen molar-refractivity contribution in [1.29, 1.82) is 0 Å². The maximum absolute atomic E-state index is 13.4. The number of hydrogen-bond donors (Lipinski definition) is 1. The summed E-state index contributed by atoms with van der Waals surface area (Å²) >= 11 is 0. The van der Waals surface area contributed by atoms with Crippen LogP contribution in [0.4, 0.5) is 4.39 Å². The third-order valence-electron chi connectivity index (χ3n) is 4.65. The second-order valence-electron chi connectivity index (χ2n) is 5.90. The first-order valence-electron chi connectivity index (χ1n) is 6.91. The Hall–Kier alpha value is -0.690. The standard InChI is InChI=1S/C14H19FN2O2S.ClH/c1-9-2-4-11(15)6-14(9)20(18,19)17-7-10-3-5-13(16)12(10)8-17;/h2,4,6,10,12-13H,3,5,7-8,16H2,1H3;1H. The number of rotatable bonds is 2. The molecular formula is C14H20ClFN2O2S. The van der Waals surface area contributed by atoms with Crippen LogP contribution in [-0.4, -0.2) is 31.9 Å². The number of benzene rings is 1. The molecule has 1 heterocycles. The van der Waals surface area contributed by atoms with Crippen LogP contribution in [0.15, 0.2) is 23.1 Å². The van der Waals surface area contributed by atoms with Crippen molar-refractivity contribution in [3.05, 3.63) is 29.6 Å². The van der Waals surface area contributed by atoms with Crippen LogP contribution in [0.1, 0.15) is 18.4 Å². The summed E-state index contributed by atoms with van der Waals surface area (Å²) in [4.78, 5) is 0.0750. The lowest BCUT2D eigenvalue weighted by atomic mass is 9.98. The van der Waals surface area contributed by atoms with Crippen LogP contribution in [-0.2, 0) is 10.0 Å². The van der Waals surface area contributed by atoms with E-state index < -0.39 is 15.8 Å². The van der Waals surface area contributed by atoms with Crippen molar-refractivity contribution in [2.75, 3.05) is 13.1 Å². The summed E-state index contributed by atoms with van der Waals surface area (Å²) in [7, 11) is -3.62. The number of nitrogens with two attached hydrogens (primary N) is 1. The highest BCUT2D eigenvalue weighted by molar-refractivity contribution is 7.89. The fraction of sp³-hybridized carbons (Fsp3) is 0.571. The molecule has 1 aromatic rings. The van der Waals surface area contributed by atoms with Gasteiger partial charge in [0.25, 0.3) is 0 Å². The van der Waals surface area contributed by atoms with E-state index in [1.165, 1.54) is 16.4 Å². The molecule has 21 heavy (non-hydrogen) atoms. The quantitative estimate of drug-likeness (QED) is 0.898. The topological polar surface area (TPSA) is 63.4 Å². The molecule has 1 aliphatic heterocycles. The molecule has 2 N–H and O–H groups in total. The highest BCUT2D eigenvalue weighted by atomic mass is 35.5. The summed E-state index contributed by atoms with van der Waals surface area (Å²) in [6.07, 6.45) is 1.96. The molecule has 118 valence electrons. The molecule has 0 bridgehead atoms. The Morgan fingerprint density at radius 3 is 2.67 bits per heavy atom. The number of sulfonamides is 1. The van der Waals surface area contributed by atoms with E-state index in [2.05, 4.69) is 0 Å². The van der Waals surface area contributed by atoms with Gasteiger partial charge >= 0.3 is 0 Å². The van der Waals surface area contributed by atoms with E-state index >= 15 is 0 Å². The van der Waals surface area contributed by atoms with Crippen molar-refractivity contribution in [1.82, 2.24) is 4.31 Å². The summed E-state index contributed by atoms with van der Waals surface area (Å²) in [6, 6.07) is 3.99. The van der Waals surface area contributed by atoms with Crippen LogP contribution in [0, 0.1) is 24.6 Å². The Balaban J connectivity index is 0.00000161. The molecule has 0 spiro atoms. The van der Waals surface area contributed by atoms with Gasteiger partial charge in [-0.05, 0) is 49.3 Å². The summed E-state index contributed by atoms with van der Waals surface area (Å²) in [6.45, 7) is 2.66. The minimum absolute atomic E-state index is 0. The molecule has 1 saturated carbocycles. The lowest BCUT2D eigenvalue weighted by Crippen LogP contribution is -2.33. The monoisotopic (exact) mass is 334 g/mol. The van der Waals surface area contributed by atoms with Crippen molar-refractivity contribution in [2.24, 2.45) is 17.6 Å². The van der Waals surface area contributed by atoms with Gasteiger partial charge in [-0.2, -0.15) is 4.31 Å². The Morgan fingerprint density at radius 1 is 1.29 bits per heavy atom. The summed E-state index contributed by atoms with van der Waals surface area (Å²) in [5.74, 6) is 0.0811. The number of hydrogen-bond acceptors (Lipinski definition) is 3. The largest absolute Gasteiger partial charge is 0.327 e. The molecule has 1 aromatic carbocycles. The van der Waals surface area contributed by atoms with Crippen LogP contribution in [0.2, 0.25) is 0 Å². The van der Waals surface area contributed by atoms with Gasteiger partial charge in [-0.15, -0.1) is 12.4 Å². The van der Waals surface area contributed by atoms with Crippen molar-refractivity contribution < 1.29 is 12.8 Å². The average molecular weight is 335 g/mol. The van der Waals surface area contributed by atoms with Crippen LogP contribution in [0.5, 0.6) is 0 Å². The molecule has 1 saturated heterocycles. The Bertz CT molecular complexity index is 638. The molecule has 2 fully saturated rings. The van der Waals surface area contributed by atoms with Gasteiger partial charge in [-0.3, -0.25) is 0 Å². The fourth-order valence-corrected chi connectivity index (χ4v) is 5.22. The number of nitrogens with zero attached hydrogens (tertiary/aromatic N) is 1. The zero-order chi connectivity index (χ0) is 14.5. The molecule has 2 aliphatic rings. The molecule has 7 heteroatoms. The fourth-order valence-electron chi connectivity index (χ4n) is 3.45. The lowest BCUT2D eigenvalue weighted by Gasteiger charge is -2.19. The molecule has 1 aliphatic carbocycles. The van der Waals surface area contributed by atoms with Crippen molar-refractivity contribution in [3.63, 3.8) is 0 Å². The molecule has 0 radical (unpaired) electrons. The molecule has 3 unspecified atom stereocenters. The zero-order valence-electron chi connectivity index (χ0n) is 11.8. The predicted octanol–water partition coefficient (Wildman–Crippen LogP) is 1.91. The molecular weight excluding hydrogens is 315 g/mol. The van der Waals surface area contributed by atoms with Gasteiger partial charge in [0.1, 0.15) is 5.82 Å². The first-order valence-corrected chi connectivity index (χ1v) is 8.35. The van der Waals surface area contributed by atoms with Crippen LogP contribution >= 0.6 is 12.4 Å². The molecule has 3 rings (SSSR count). The van der Waals surface area contributed by atoms with E-state index in [0.717, 1.165) is 18.9 Å². The van der Waals surface area contributed by atoms with E-state index in [9.17, 15) is 12.8 Å². The smallest absolute Gasteiger partial charge is 0.243 e. The minimum Gasteiger partial charge on any atom is -0.327 e. The second kappa shape index (κ2) is 5.83. The van der Waals surface area contributed by atoms with E-state index in [-0.39, 0.29) is 29.3 Å². The number of aryl methyl sites for hydroxylation is 1. The Kier molecular flexibility index (Phi) is 4.63. The predicted molar refractivity (Wildman–Crippen MR) is 81.3 cm³/mol. The number of fused-ring (bicyclic) bond motifs is 1. The van der Waals surface area contributed by atoms with E-state index in [1.807, 2.05) is 0 Å². The molecule has 0 aromatic heterocycles. The minimum atomic E-state index is -3.62. The van der Waals surface area contributed by atoms with Gasteiger partial charge in [-0.1, -0.05) is 6.07 Å². The third-order valence-corrected chi connectivity index (χ3v) is 6.62. The first kappa shape index (κ1) is 16.7. The molecule has 0 amide bonds. The summed E-state index contributed by atoms with van der Waals surface area (Å²) < 4.78 is 40.2. The van der Waals surface area contributed by atoms with Crippen LogP contribution < -0.4 is 5.73 Å². The third kappa shape index (κ3) is 2.82. The SMILES string of the molecule is Cc1ccc(F)cc1S(=O)(=O)N1CC2CCC(N)C2C1.Cl. The normalized spacial score (nSPS) is 29.2. The van der Waals surface area contributed by atoms with E-state index in [1.54, 1.807) is 6.92 Å². The van der Waals surface area contributed by atoms with Gasteiger partial charge in [0.15, 0.2) is 0 Å². The van der Waals surface area contributed by atoms with Crippen molar-refractivity contribution >= 4 is 22.4 Å². The van der Waals surface area contributed by atoms with Gasteiger partial charge in [-0.25, -0.2) is 12.8 Å². The average Bonchev–Trinajstić information content (AvgIpc) is 2.95. The van der Waals surface area contributed by atoms with Crippen molar-refractivity contribution in [3.8, 4) is 0 Å². The summed E-state index contributed by atoms with van der Waals surface area (Å²) in [5, 5.41) is 0. The summed E-state index contributed by atoms with van der Waals surface area (Å²) in [5.41, 5.74) is 6.61. The maximum Gasteiger partial charge on any atom is 0.243 e. The second-order valence-corrected chi connectivity index (χ2v) is 7.80. The highest BCUT2D eigenvalue weighted by Gasteiger charge is 2.45. The van der Waals surface area contributed by atoms with Gasteiger partial charge < -0.3 is 5.73 Å². The van der Waals surface area contributed by atoms with Gasteiger partial charge in [0.05, 0.1) is 4.90 Å². The lowest BCUT2D eigenvalue weighted by molar-refractivity contribution is 0.426. The van der Waals surface area contributed by atoms with Gasteiger partial charge in [0, 0.05) is 19.1 Å². The molecule has 4 nitrogen and oxygen atoms in total. The zero-order valence-corrected chi connectivity index (χ0v) is 13.5. The Morgan fingerprint density at radius 2 is 2.00 bits per heavy atom. The Labute approximate surface area is 131 Å². The van der Waals surface area contributed by atoms with Crippen molar-refractivity contribution in [2.45, 2.75) is 30.7 Å². The van der Waals surface area contributed by atoms with E-state index in [4.69, 9.17) is 5.73 Å². The maximum atomic E-state index is 13.4. The van der Waals surface area contributed by atoms with E-state index in [0.29, 0.717) is 24.6 Å². The highest BCUT2D eigenvalue weighted by Crippen LogP contribution is 2.39. The van der Waals surface area contributed by atoms with Crippen LogP contribution in [0.25, 0.3) is 0 Å². The number of halogens is 2. The van der Waals surface area contributed by atoms with Crippen LogP contribution in [0.3, 0.4) is 0 Å². The van der Waals surface area contributed by atoms with Gasteiger partial charge in [0.2, 0.25) is 10.0 Å².